The fraction of sp³-hybridized carbons (Fsp3) is 0.500. The molecule has 1 aliphatic heterocycles. The average Bonchev–Trinajstić information content (AvgIpc) is 3.46. The van der Waals surface area contributed by atoms with Crippen molar-refractivity contribution in [2.75, 3.05) is 19.7 Å². The van der Waals surface area contributed by atoms with Gasteiger partial charge < -0.3 is 26.8 Å². The molecule has 68 heavy (non-hydrogen) atoms. The summed E-state index contributed by atoms with van der Waals surface area (Å²) in [5, 5.41) is 16.1. The van der Waals surface area contributed by atoms with E-state index in [4.69, 9.17) is 21.0 Å². The van der Waals surface area contributed by atoms with E-state index in [1.54, 1.807) is 42.7 Å². The minimum absolute atomic E-state index is 0.00825. The van der Waals surface area contributed by atoms with E-state index in [2.05, 4.69) is 30.5 Å². The zero-order valence-corrected chi connectivity index (χ0v) is 40.3. The van der Waals surface area contributed by atoms with Crippen molar-refractivity contribution >= 4 is 53.0 Å². The highest BCUT2D eigenvalue weighted by Gasteiger charge is 2.33. The zero-order valence-electron chi connectivity index (χ0n) is 40.3. The average molecular weight is 941 g/mol. The summed E-state index contributed by atoms with van der Waals surface area (Å²) in [6.45, 7) is 14.0. The molecular formula is C50H68N8O10. The van der Waals surface area contributed by atoms with Gasteiger partial charge in [0.1, 0.15) is 30.2 Å². The summed E-state index contributed by atoms with van der Waals surface area (Å²) in [5.41, 5.74) is 15.7. The number of esters is 1. The lowest BCUT2D eigenvalue weighted by Gasteiger charge is -2.28. The Morgan fingerprint density at radius 2 is 1.63 bits per heavy atom. The maximum Gasteiger partial charge on any atom is 0.312 e. The molecular weight excluding hydrogens is 873 g/mol. The highest BCUT2D eigenvalue weighted by molar-refractivity contribution is 6.05. The van der Waals surface area contributed by atoms with Crippen molar-refractivity contribution in [3.63, 3.8) is 0 Å². The molecule has 3 aromatic rings. The summed E-state index contributed by atoms with van der Waals surface area (Å²) in [7, 11) is 0. The maximum absolute atomic E-state index is 13.7. The van der Waals surface area contributed by atoms with Gasteiger partial charge in [-0.3, -0.25) is 34.1 Å². The molecule has 0 aliphatic carbocycles. The Morgan fingerprint density at radius 3 is 2.25 bits per heavy atom. The first-order valence-electron chi connectivity index (χ1n) is 23.2. The number of nitrogens with two attached hydrogens (primary N) is 2. The number of benzene rings is 2. The summed E-state index contributed by atoms with van der Waals surface area (Å²) >= 11 is 0. The summed E-state index contributed by atoms with van der Waals surface area (Å²) in [5.74, 6) is -1.86. The van der Waals surface area contributed by atoms with Crippen molar-refractivity contribution in [1.29, 1.82) is 0 Å². The number of fused-ring (bicyclic) bond motifs is 1. The Balaban J connectivity index is 1.30. The minimum Gasteiger partial charge on any atom is -0.461 e. The highest BCUT2D eigenvalue weighted by atomic mass is 17.1. The number of hydrogen-bond acceptors (Lipinski definition) is 14. The Kier molecular flexibility index (Phi) is 20.9. The van der Waals surface area contributed by atoms with Gasteiger partial charge in [0.25, 0.3) is 5.91 Å². The van der Waals surface area contributed by atoms with Crippen LogP contribution in [0, 0.1) is 17.3 Å². The molecule has 3 atom stereocenters. The number of ether oxygens (including phenoxy) is 1. The summed E-state index contributed by atoms with van der Waals surface area (Å²) in [4.78, 5) is 101. The van der Waals surface area contributed by atoms with E-state index in [9.17, 15) is 34.0 Å². The summed E-state index contributed by atoms with van der Waals surface area (Å²) < 4.78 is 5.51. The number of hydroxylamine groups is 2. The van der Waals surface area contributed by atoms with E-state index in [1.165, 1.54) is 5.06 Å². The van der Waals surface area contributed by atoms with Crippen LogP contribution in [0.5, 0.6) is 0 Å². The zero-order chi connectivity index (χ0) is 50.0. The molecule has 0 spiro atoms. The van der Waals surface area contributed by atoms with Crippen molar-refractivity contribution in [3.8, 4) is 11.1 Å². The number of carbonyl (C=O) groups is 6. The van der Waals surface area contributed by atoms with Crippen molar-refractivity contribution in [2.24, 2.45) is 33.7 Å². The molecule has 1 aliphatic rings. The number of nitrogens with one attached hydrogen (secondary N) is 2. The molecule has 7 N–H and O–H groups in total. The number of primary amides is 1. The molecule has 0 saturated heterocycles. The lowest BCUT2D eigenvalue weighted by atomic mass is 9.83. The van der Waals surface area contributed by atoms with E-state index in [-0.39, 0.29) is 81.5 Å². The quantitative estimate of drug-likeness (QED) is 0.0254. The van der Waals surface area contributed by atoms with Gasteiger partial charge in [0, 0.05) is 80.2 Å². The molecule has 1 aromatic heterocycles. The van der Waals surface area contributed by atoms with Gasteiger partial charge in [0.15, 0.2) is 5.78 Å². The number of rotatable bonds is 26. The fourth-order valence-electron chi connectivity index (χ4n) is 7.39. The van der Waals surface area contributed by atoms with Crippen LogP contribution in [0.3, 0.4) is 0 Å². The molecule has 0 bridgehead atoms. The van der Waals surface area contributed by atoms with Gasteiger partial charge in [0.05, 0.1) is 24.8 Å². The smallest absolute Gasteiger partial charge is 0.312 e. The second-order valence-electron chi connectivity index (χ2n) is 18.3. The molecule has 0 saturated carbocycles. The fourth-order valence-corrected chi connectivity index (χ4v) is 7.39. The molecule has 18 heteroatoms. The maximum atomic E-state index is 13.7. The Bertz CT molecular complexity index is 2270. The SMILES string of the molecule is CCCN(OCC)C(=O)C1=Cc2ccc(-c3cnc(CCC(=O)OCc4ccc(CC(=O)[C@H](CCCNC(N)=O)NC(=O)[C@@H](CC(=O)CC(OO)C(C)(C)C)C(C)C)cc4)nc3)cc2N=C(N)C1. The predicted molar refractivity (Wildman–Crippen MR) is 257 cm³/mol. The molecule has 4 rings (SSSR count). The number of aryl methyl sites for hydroxylation is 1. The number of Topliss-reactive ketones (excluding diaryl/α,β-unsaturated/α-hetero) is 2. The number of nitrogens with zero attached hydrogens (tertiary/aromatic N) is 4. The Hall–Kier alpha value is -6.37. The third-order valence-electron chi connectivity index (χ3n) is 11.4. The molecule has 0 fully saturated rings. The van der Waals surface area contributed by atoms with Gasteiger partial charge in [-0.25, -0.2) is 29.7 Å². The first-order chi connectivity index (χ1) is 32.3. The number of hydrogen-bond donors (Lipinski definition) is 5. The molecule has 4 amide bonds. The van der Waals surface area contributed by atoms with Crippen LogP contribution in [-0.2, 0) is 57.9 Å². The number of urea groups is 1. The summed E-state index contributed by atoms with van der Waals surface area (Å²) in [6.07, 6.45) is 6.00. The lowest BCUT2D eigenvalue weighted by molar-refractivity contribution is -0.298. The van der Waals surface area contributed by atoms with Crippen LogP contribution in [0.2, 0.25) is 0 Å². The van der Waals surface area contributed by atoms with Gasteiger partial charge in [0.2, 0.25) is 5.91 Å². The van der Waals surface area contributed by atoms with E-state index in [0.29, 0.717) is 53.6 Å². The Labute approximate surface area is 398 Å². The van der Waals surface area contributed by atoms with E-state index < -0.39 is 41.4 Å². The third-order valence-corrected chi connectivity index (χ3v) is 11.4. The Morgan fingerprint density at radius 1 is 0.941 bits per heavy atom. The molecule has 18 nitrogen and oxygen atoms in total. The van der Waals surface area contributed by atoms with Crippen LogP contribution >= 0.6 is 0 Å². The van der Waals surface area contributed by atoms with E-state index in [1.807, 2.05) is 66.7 Å². The third kappa shape index (κ3) is 17.1. The van der Waals surface area contributed by atoms with Gasteiger partial charge in [-0.15, -0.1) is 0 Å². The molecule has 368 valence electrons. The number of carbonyl (C=O) groups excluding carboxylic acids is 6. The first-order valence-corrected chi connectivity index (χ1v) is 23.2. The molecule has 0 radical (unpaired) electrons. The monoisotopic (exact) mass is 941 g/mol. The van der Waals surface area contributed by atoms with Crippen molar-refractivity contribution in [3.05, 3.63) is 82.9 Å². The van der Waals surface area contributed by atoms with Gasteiger partial charge in [-0.2, -0.15) is 0 Å². The van der Waals surface area contributed by atoms with Gasteiger partial charge >= 0.3 is 12.0 Å². The lowest BCUT2D eigenvalue weighted by Crippen LogP contribution is -2.46. The van der Waals surface area contributed by atoms with Crippen LogP contribution in [0.25, 0.3) is 17.2 Å². The number of amidine groups is 1. The second kappa shape index (κ2) is 26.2. The van der Waals surface area contributed by atoms with Crippen LogP contribution < -0.4 is 22.1 Å². The van der Waals surface area contributed by atoms with E-state index in [0.717, 1.165) is 23.1 Å². The topological polar surface area (TPSA) is 268 Å². The van der Waals surface area contributed by atoms with Crippen LogP contribution in [0.15, 0.2) is 65.4 Å². The number of aromatic nitrogens is 2. The predicted octanol–water partition coefficient (Wildman–Crippen LogP) is 6.36. The normalized spacial score (nSPS) is 13.8. The van der Waals surface area contributed by atoms with Crippen molar-refractivity contribution < 1.29 is 48.5 Å². The van der Waals surface area contributed by atoms with Crippen LogP contribution in [0.4, 0.5) is 10.5 Å². The first kappa shape index (κ1) is 54.2. The highest BCUT2D eigenvalue weighted by Crippen LogP contribution is 2.32. The van der Waals surface area contributed by atoms with Gasteiger partial charge in [-0.05, 0) is 66.4 Å². The molecule has 1 unspecified atom stereocenters. The molecule has 2 heterocycles. The van der Waals surface area contributed by atoms with Crippen molar-refractivity contribution in [2.45, 2.75) is 125 Å². The molecule has 2 aromatic carbocycles. The standard InChI is InChI=1S/C50H68N8O10/c1-8-21-58(67-9-2)48(63)36-23-35-17-16-34(24-41(35)56-44(51)25-36)37-28-54-45(55-29-37)18-19-46(61)66-30-33-14-12-32(13-15-33)22-42(60)40(11-10-20-53-49(52)64)57-47(62)39(31(3)4)26-38(59)27-43(68-65)50(5,6)7/h12-17,23-24,28-29,31,39-40,43,65H,8-11,18-22,25-27,30H2,1-7H3,(H2,51,56)(H,57,62)(H3,52,53,64)/t39-,40-,43?/m0/s1. The van der Waals surface area contributed by atoms with Crippen LogP contribution in [0.1, 0.15) is 116 Å². The van der Waals surface area contributed by atoms with Crippen LogP contribution in [-0.4, -0.2) is 93.3 Å². The second-order valence-corrected chi connectivity index (χ2v) is 18.3. The van der Waals surface area contributed by atoms with Crippen molar-refractivity contribution in [1.82, 2.24) is 25.7 Å². The summed E-state index contributed by atoms with van der Waals surface area (Å²) in [6, 6.07) is 11.0. The number of aliphatic imine (C=N–C) groups is 1. The van der Waals surface area contributed by atoms with E-state index >= 15 is 0 Å². The number of ketones is 2. The minimum atomic E-state index is -0.908. The number of amides is 4. The largest absolute Gasteiger partial charge is 0.461 e. The van der Waals surface area contributed by atoms with Gasteiger partial charge in [-0.1, -0.05) is 77.9 Å².